The van der Waals surface area contributed by atoms with Crippen molar-refractivity contribution in [1.82, 2.24) is 9.97 Å². The molecule has 1 aromatic carbocycles. The number of aryl methyl sites for hydroxylation is 2. The largest absolute Gasteiger partial charge is 0.497 e. The zero-order valence-corrected chi connectivity index (χ0v) is 12.8. The zero-order chi connectivity index (χ0) is 15.2. The van der Waals surface area contributed by atoms with Crippen LogP contribution in [0.25, 0.3) is 0 Å². The van der Waals surface area contributed by atoms with E-state index in [2.05, 4.69) is 20.5 Å². The molecule has 0 spiro atoms. The van der Waals surface area contributed by atoms with Crippen LogP contribution in [-0.2, 0) is 6.42 Å². The second-order valence-corrected chi connectivity index (χ2v) is 4.96. The lowest BCUT2D eigenvalue weighted by atomic mass is 10.1. The van der Waals surface area contributed by atoms with E-state index in [1.165, 1.54) is 5.56 Å². The number of methoxy groups -OCH3 is 1. The van der Waals surface area contributed by atoms with Gasteiger partial charge < -0.3 is 4.74 Å². The number of nitrogens with one attached hydrogen (secondary N) is 1. The van der Waals surface area contributed by atoms with Crippen LogP contribution in [0.3, 0.4) is 0 Å². The van der Waals surface area contributed by atoms with E-state index in [0.717, 1.165) is 29.3 Å². The van der Waals surface area contributed by atoms with E-state index in [1.807, 2.05) is 51.1 Å². The van der Waals surface area contributed by atoms with Crippen LogP contribution < -0.4 is 10.2 Å². The molecule has 5 heteroatoms. The average Bonchev–Trinajstić information content (AvgIpc) is 2.45. The maximum atomic E-state index is 5.14. The minimum atomic E-state index is 0.529. The van der Waals surface area contributed by atoms with Gasteiger partial charge in [0.05, 0.1) is 7.11 Å². The summed E-state index contributed by atoms with van der Waals surface area (Å²) in [5.41, 5.74) is 6.90. The van der Waals surface area contributed by atoms with Crippen LogP contribution in [0.5, 0.6) is 5.75 Å². The smallest absolute Gasteiger partial charge is 0.243 e. The third kappa shape index (κ3) is 4.56. The Morgan fingerprint density at radius 3 is 2.33 bits per heavy atom. The molecule has 5 nitrogen and oxygen atoms in total. The molecule has 1 N–H and O–H groups in total. The summed E-state index contributed by atoms with van der Waals surface area (Å²) in [6, 6.07) is 9.89. The Labute approximate surface area is 125 Å². The number of rotatable bonds is 5. The number of hydrogen-bond donors (Lipinski definition) is 1. The Morgan fingerprint density at radius 1 is 1.14 bits per heavy atom. The molecular weight excluding hydrogens is 264 g/mol. The van der Waals surface area contributed by atoms with Crippen molar-refractivity contribution in [3.63, 3.8) is 0 Å². The van der Waals surface area contributed by atoms with Gasteiger partial charge in [0.25, 0.3) is 0 Å². The lowest BCUT2D eigenvalue weighted by molar-refractivity contribution is 0.414. The van der Waals surface area contributed by atoms with Crippen molar-refractivity contribution in [2.75, 3.05) is 12.5 Å². The van der Waals surface area contributed by atoms with Crippen LogP contribution in [0.1, 0.15) is 23.9 Å². The topological polar surface area (TPSA) is 59.4 Å². The molecular formula is C16H20N4O. The van der Waals surface area contributed by atoms with E-state index >= 15 is 0 Å². The summed E-state index contributed by atoms with van der Waals surface area (Å²) < 4.78 is 5.14. The quantitative estimate of drug-likeness (QED) is 0.677. The minimum Gasteiger partial charge on any atom is -0.497 e. The van der Waals surface area contributed by atoms with E-state index in [1.54, 1.807) is 7.11 Å². The van der Waals surface area contributed by atoms with Crippen molar-refractivity contribution in [3.8, 4) is 5.75 Å². The number of ether oxygens (including phenoxy) is 1. The summed E-state index contributed by atoms with van der Waals surface area (Å²) in [5.74, 6) is 1.39. The van der Waals surface area contributed by atoms with Crippen molar-refractivity contribution in [1.29, 1.82) is 0 Å². The average molecular weight is 284 g/mol. The maximum absolute atomic E-state index is 5.14. The Kier molecular flexibility index (Phi) is 4.87. The Bertz CT molecular complexity index is 615. The maximum Gasteiger partial charge on any atom is 0.243 e. The van der Waals surface area contributed by atoms with Gasteiger partial charge in [-0.25, -0.2) is 15.4 Å². The van der Waals surface area contributed by atoms with Crippen LogP contribution in [0.2, 0.25) is 0 Å². The third-order valence-corrected chi connectivity index (χ3v) is 2.95. The molecule has 1 aromatic heterocycles. The fourth-order valence-electron chi connectivity index (χ4n) is 2.00. The summed E-state index contributed by atoms with van der Waals surface area (Å²) in [4.78, 5) is 8.58. The van der Waals surface area contributed by atoms with Crippen molar-refractivity contribution in [2.45, 2.75) is 27.2 Å². The molecule has 0 saturated heterocycles. The van der Waals surface area contributed by atoms with Gasteiger partial charge in [0.2, 0.25) is 5.95 Å². The van der Waals surface area contributed by atoms with E-state index < -0.39 is 0 Å². The molecule has 21 heavy (non-hydrogen) atoms. The molecule has 0 fully saturated rings. The predicted molar refractivity (Wildman–Crippen MR) is 84.9 cm³/mol. The number of nitrogens with zero attached hydrogens (tertiary/aromatic N) is 3. The van der Waals surface area contributed by atoms with Gasteiger partial charge in [0.1, 0.15) is 5.75 Å². The van der Waals surface area contributed by atoms with E-state index in [-0.39, 0.29) is 0 Å². The molecule has 110 valence electrons. The molecule has 2 aromatic rings. The number of anilines is 1. The molecule has 2 rings (SSSR count). The molecule has 0 radical (unpaired) electrons. The van der Waals surface area contributed by atoms with Crippen LogP contribution in [0, 0.1) is 13.8 Å². The van der Waals surface area contributed by atoms with Crippen molar-refractivity contribution in [2.24, 2.45) is 5.10 Å². The SMILES string of the molecule is COc1ccc(C/C(C)=N\Nc2nc(C)cc(C)n2)cc1. The molecule has 0 aliphatic heterocycles. The monoisotopic (exact) mass is 284 g/mol. The fraction of sp³-hybridized carbons (Fsp3) is 0.312. The number of benzene rings is 1. The van der Waals surface area contributed by atoms with Gasteiger partial charge in [0, 0.05) is 23.5 Å². The predicted octanol–water partition coefficient (Wildman–Crippen LogP) is 3.13. The summed E-state index contributed by atoms with van der Waals surface area (Å²) in [5, 5.41) is 4.32. The van der Waals surface area contributed by atoms with Crippen molar-refractivity contribution < 1.29 is 4.74 Å². The Morgan fingerprint density at radius 2 is 1.76 bits per heavy atom. The second kappa shape index (κ2) is 6.83. The number of aromatic nitrogens is 2. The van der Waals surface area contributed by atoms with Gasteiger partial charge in [-0.3, -0.25) is 0 Å². The van der Waals surface area contributed by atoms with E-state index in [4.69, 9.17) is 4.74 Å². The first-order valence-electron chi connectivity index (χ1n) is 6.81. The highest BCUT2D eigenvalue weighted by Crippen LogP contribution is 2.12. The van der Waals surface area contributed by atoms with Gasteiger partial charge >= 0.3 is 0 Å². The molecule has 0 atom stereocenters. The highest BCUT2D eigenvalue weighted by molar-refractivity contribution is 5.84. The molecule has 0 aliphatic carbocycles. The van der Waals surface area contributed by atoms with Gasteiger partial charge in [-0.2, -0.15) is 5.10 Å². The van der Waals surface area contributed by atoms with Crippen LogP contribution in [-0.4, -0.2) is 22.8 Å². The summed E-state index contributed by atoms with van der Waals surface area (Å²) in [6.45, 7) is 5.85. The van der Waals surface area contributed by atoms with Gasteiger partial charge in [-0.15, -0.1) is 0 Å². The van der Waals surface area contributed by atoms with Gasteiger partial charge in [-0.05, 0) is 44.5 Å². The van der Waals surface area contributed by atoms with Crippen molar-refractivity contribution >= 4 is 11.7 Å². The van der Waals surface area contributed by atoms with Gasteiger partial charge in [-0.1, -0.05) is 12.1 Å². The standard InChI is InChI=1S/C16H20N4O/c1-11-9-12(2)18-16(17-11)20-19-13(3)10-14-5-7-15(21-4)8-6-14/h5-9H,10H2,1-4H3,(H,17,18,20)/b19-13-. The molecule has 0 unspecified atom stereocenters. The molecule has 0 saturated carbocycles. The highest BCUT2D eigenvalue weighted by atomic mass is 16.5. The Balaban J connectivity index is 2.00. The lowest BCUT2D eigenvalue weighted by Crippen LogP contribution is -2.05. The second-order valence-electron chi connectivity index (χ2n) is 4.96. The molecule has 1 heterocycles. The minimum absolute atomic E-state index is 0.529. The van der Waals surface area contributed by atoms with Crippen molar-refractivity contribution in [3.05, 3.63) is 47.3 Å². The first-order valence-corrected chi connectivity index (χ1v) is 6.81. The third-order valence-electron chi connectivity index (χ3n) is 2.95. The summed E-state index contributed by atoms with van der Waals surface area (Å²) in [7, 11) is 1.66. The first kappa shape index (κ1) is 15.0. The highest BCUT2D eigenvalue weighted by Gasteiger charge is 2.00. The number of hydrazone groups is 1. The summed E-state index contributed by atoms with van der Waals surface area (Å²) >= 11 is 0. The molecule has 0 amide bonds. The molecule has 0 aliphatic rings. The Hall–Kier alpha value is -2.43. The van der Waals surface area contributed by atoms with Crippen LogP contribution in [0.15, 0.2) is 35.4 Å². The number of hydrogen-bond acceptors (Lipinski definition) is 5. The van der Waals surface area contributed by atoms with Crippen LogP contribution >= 0.6 is 0 Å². The first-order chi connectivity index (χ1) is 10.1. The van der Waals surface area contributed by atoms with E-state index in [9.17, 15) is 0 Å². The fourth-order valence-corrected chi connectivity index (χ4v) is 2.00. The van der Waals surface area contributed by atoms with Gasteiger partial charge in [0.15, 0.2) is 0 Å². The summed E-state index contributed by atoms with van der Waals surface area (Å²) in [6.07, 6.45) is 0.766. The van der Waals surface area contributed by atoms with Crippen LogP contribution in [0.4, 0.5) is 5.95 Å². The van der Waals surface area contributed by atoms with E-state index in [0.29, 0.717) is 5.95 Å². The zero-order valence-electron chi connectivity index (χ0n) is 12.8. The normalized spacial score (nSPS) is 11.3. The molecule has 0 bridgehead atoms. The lowest BCUT2D eigenvalue weighted by Gasteiger charge is -2.05.